The van der Waals surface area contributed by atoms with Crippen molar-refractivity contribution in [1.29, 1.82) is 0 Å². The smallest absolute Gasteiger partial charge is 0.150 e. The molecule has 0 aliphatic heterocycles. The van der Waals surface area contributed by atoms with Gasteiger partial charge in [-0.1, -0.05) is 6.07 Å². The molecule has 1 heterocycles. The van der Waals surface area contributed by atoms with Crippen molar-refractivity contribution < 1.29 is 9.18 Å². The highest BCUT2D eigenvalue weighted by molar-refractivity contribution is 7.09. The first kappa shape index (κ1) is 13.7. The van der Waals surface area contributed by atoms with E-state index >= 15 is 0 Å². The Bertz CT molecular complexity index is 551. The van der Waals surface area contributed by atoms with E-state index in [0.717, 1.165) is 0 Å². The van der Waals surface area contributed by atoms with Crippen molar-refractivity contribution in [1.82, 2.24) is 0 Å². The lowest BCUT2D eigenvalue weighted by atomic mass is 10.1. The van der Waals surface area contributed by atoms with E-state index in [9.17, 15) is 9.18 Å². The molecule has 0 unspecified atom stereocenters. The average molecular weight is 277 g/mol. The van der Waals surface area contributed by atoms with Crippen LogP contribution in [0.25, 0.3) is 0 Å². The fraction of sp³-hybridized carbons (Fsp3) is 0.267. The van der Waals surface area contributed by atoms with Crippen molar-refractivity contribution in [3.63, 3.8) is 0 Å². The number of anilines is 1. The Labute approximate surface area is 116 Å². The second-order valence-electron chi connectivity index (χ2n) is 4.63. The van der Waals surface area contributed by atoms with Crippen molar-refractivity contribution in [2.24, 2.45) is 0 Å². The molecule has 0 aliphatic carbocycles. The maximum Gasteiger partial charge on any atom is 0.150 e. The molecule has 0 N–H and O–H groups in total. The molecule has 0 fully saturated rings. The maximum absolute atomic E-state index is 14.1. The van der Waals surface area contributed by atoms with Gasteiger partial charge >= 0.3 is 0 Å². The minimum atomic E-state index is -0.352. The molecular formula is C15H16FNOS. The topological polar surface area (TPSA) is 20.3 Å². The molecule has 0 radical (unpaired) electrons. The SMILES string of the molecule is CC(C)N(Cc1cccs1)c1ccc(C=O)cc1F. The number of nitrogens with zero attached hydrogens (tertiary/aromatic N) is 1. The predicted octanol–water partition coefficient (Wildman–Crippen LogP) is 4.11. The van der Waals surface area contributed by atoms with E-state index in [1.807, 2.05) is 36.3 Å². The molecule has 0 amide bonds. The largest absolute Gasteiger partial charge is 0.362 e. The quantitative estimate of drug-likeness (QED) is 0.766. The molecule has 0 spiro atoms. The molecule has 2 nitrogen and oxygen atoms in total. The van der Waals surface area contributed by atoms with Gasteiger partial charge in [0.15, 0.2) is 0 Å². The van der Waals surface area contributed by atoms with Crippen LogP contribution in [0.4, 0.5) is 10.1 Å². The molecule has 2 rings (SSSR count). The van der Waals surface area contributed by atoms with Gasteiger partial charge in [0.1, 0.15) is 12.1 Å². The Morgan fingerprint density at radius 1 is 1.37 bits per heavy atom. The van der Waals surface area contributed by atoms with Gasteiger partial charge in [-0.15, -0.1) is 11.3 Å². The lowest BCUT2D eigenvalue weighted by Gasteiger charge is -2.29. The highest BCUT2D eigenvalue weighted by Gasteiger charge is 2.16. The number of benzene rings is 1. The molecular weight excluding hydrogens is 261 g/mol. The number of hydrogen-bond acceptors (Lipinski definition) is 3. The molecule has 2 aromatic rings. The zero-order chi connectivity index (χ0) is 13.8. The fourth-order valence-electron chi connectivity index (χ4n) is 1.95. The zero-order valence-corrected chi connectivity index (χ0v) is 11.8. The van der Waals surface area contributed by atoms with E-state index in [4.69, 9.17) is 0 Å². The summed E-state index contributed by atoms with van der Waals surface area (Å²) in [6, 6.07) is 8.81. The summed E-state index contributed by atoms with van der Waals surface area (Å²) in [5, 5.41) is 2.01. The molecule has 0 bridgehead atoms. The molecule has 0 saturated heterocycles. The van der Waals surface area contributed by atoms with Gasteiger partial charge in [-0.25, -0.2) is 4.39 Å². The average Bonchev–Trinajstić information content (AvgIpc) is 2.89. The van der Waals surface area contributed by atoms with Crippen molar-refractivity contribution in [2.45, 2.75) is 26.4 Å². The monoisotopic (exact) mass is 277 g/mol. The van der Waals surface area contributed by atoms with Gasteiger partial charge in [0.05, 0.1) is 12.2 Å². The second-order valence-corrected chi connectivity index (χ2v) is 5.66. The summed E-state index contributed by atoms with van der Waals surface area (Å²) in [6.07, 6.45) is 0.659. The minimum absolute atomic E-state index is 0.179. The number of aldehydes is 1. The van der Waals surface area contributed by atoms with Crippen molar-refractivity contribution in [3.8, 4) is 0 Å². The van der Waals surface area contributed by atoms with Crippen LogP contribution in [0.3, 0.4) is 0 Å². The third-order valence-electron chi connectivity index (χ3n) is 2.95. The second kappa shape index (κ2) is 5.97. The fourth-order valence-corrected chi connectivity index (χ4v) is 2.65. The molecule has 1 aromatic carbocycles. The standard InChI is InChI=1S/C15H16FNOS/c1-11(2)17(9-13-4-3-7-19-13)15-6-5-12(10-18)8-14(15)16/h3-8,10-11H,9H2,1-2H3. The van der Waals surface area contributed by atoms with Crippen LogP contribution in [0.15, 0.2) is 35.7 Å². The maximum atomic E-state index is 14.1. The van der Waals surface area contributed by atoms with Gasteiger partial charge in [-0.05, 0) is 43.5 Å². The molecule has 19 heavy (non-hydrogen) atoms. The first-order chi connectivity index (χ1) is 9.11. The minimum Gasteiger partial charge on any atom is -0.362 e. The van der Waals surface area contributed by atoms with Gasteiger partial charge in [0, 0.05) is 16.5 Å². The van der Waals surface area contributed by atoms with Crippen molar-refractivity contribution in [3.05, 3.63) is 52.0 Å². The van der Waals surface area contributed by atoms with Crippen LogP contribution in [-0.4, -0.2) is 12.3 Å². The molecule has 4 heteroatoms. The number of rotatable bonds is 5. The number of carbonyl (C=O) groups excluding carboxylic acids is 1. The van der Waals surface area contributed by atoms with Crippen molar-refractivity contribution in [2.75, 3.05) is 4.90 Å². The van der Waals surface area contributed by atoms with Crippen molar-refractivity contribution >= 4 is 23.3 Å². The van der Waals surface area contributed by atoms with E-state index in [1.165, 1.54) is 10.9 Å². The lowest BCUT2D eigenvalue weighted by Crippen LogP contribution is -2.30. The Hall–Kier alpha value is -1.68. The summed E-state index contributed by atoms with van der Waals surface area (Å²) in [6.45, 7) is 4.73. The molecule has 0 aliphatic rings. The summed E-state index contributed by atoms with van der Waals surface area (Å²) in [7, 11) is 0. The van der Waals surface area contributed by atoms with Crippen LogP contribution in [0.5, 0.6) is 0 Å². The van der Waals surface area contributed by atoms with Gasteiger partial charge in [-0.2, -0.15) is 0 Å². The summed E-state index contributed by atoms with van der Waals surface area (Å²) >= 11 is 1.66. The number of hydrogen-bond donors (Lipinski definition) is 0. The first-order valence-electron chi connectivity index (χ1n) is 6.15. The zero-order valence-electron chi connectivity index (χ0n) is 11.0. The highest BCUT2D eigenvalue weighted by Crippen LogP contribution is 2.25. The van der Waals surface area contributed by atoms with Crippen LogP contribution in [0, 0.1) is 5.82 Å². The summed E-state index contributed by atoms with van der Waals surface area (Å²) in [5.74, 6) is -0.352. The predicted molar refractivity (Wildman–Crippen MR) is 77.4 cm³/mol. The number of halogens is 1. The third-order valence-corrected chi connectivity index (χ3v) is 3.81. The van der Waals surface area contributed by atoms with Gasteiger partial charge in [-0.3, -0.25) is 4.79 Å². The van der Waals surface area contributed by atoms with Crippen LogP contribution >= 0.6 is 11.3 Å². The Morgan fingerprint density at radius 2 is 2.16 bits per heavy atom. The van der Waals surface area contributed by atoms with Gasteiger partial charge in [0.25, 0.3) is 0 Å². The van der Waals surface area contributed by atoms with E-state index in [-0.39, 0.29) is 11.9 Å². The Balaban J connectivity index is 2.31. The van der Waals surface area contributed by atoms with Gasteiger partial charge in [0.2, 0.25) is 0 Å². The first-order valence-corrected chi connectivity index (χ1v) is 7.03. The van der Waals surface area contributed by atoms with E-state index in [1.54, 1.807) is 23.5 Å². The van der Waals surface area contributed by atoms with Crippen LogP contribution in [0.2, 0.25) is 0 Å². The number of carbonyl (C=O) groups is 1. The molecule has 0 saturated carbocycles. The number of thiophene rings is 1. The Morgan fingerprint density at radius 3 is 2.68 bits per heavy atom. The third kappa shape index (κ3) is 3.20. The van der Waals surface area contributed by atoms with Crippen LogP contribution in [0.1, 0.15) is 29.1 Å². The molecule has 1 aromatic heterocycles. The van der Waals surface area contributed by atoms with E-state index < -0.39 is 0 Å². The van der Waals surface area contributed by atoms with Gasteiger partial charge < -0.3 is 4.90 Å². The summed E-state index contributed by atoms with van der Waals surface area (Å²) in [5.41, 5.74) is 0.898. The Kier molecular flexibility index (Phi) is 4.32. The van der Waals surface area contributed by atoms with Crippen LogP contribution in [-0.2, 0) is 6.54 Å². The van der Waals surface area contributed by atoms with E-state index in [0.29, 0.717) is 24.1 Å². The summed E-state index contributed by atoms with van der Waals surface area (Å²) in [4.78, 5) is 13.8. The molecule has 0 atom stereocenters. The normalized spacial score (nSPS) is 10.7. The molecule has 100 valence electrons. The van der Waals surface area contributed by atoms with E-state index in [2.05, 4.69) is 0 Å². The van der Waals surface area contributed by atoms with Crippen LogP contribution < -0.4 is 4.90 Å². The highest BCUT2D eigenvalue weighted by atomic mass is 32.1. The summed E-state index contributed by atoms with van der Waals surface area (Å²) < 4.78 is 14.1. The lowest BCUT2D eigenvalue weighted by molar-refractivity contribution is 0.112.